The zero-order valence-corrected chi connectivity index (χ0v) is 21.6. The Labute approximate surface area is 223 Å². The number of hydrogen-bond acceptors (Lipinski definition) is 11. The second-order valence-corrected chi connectivity index (χ2v) is 11.0. The first-order valence-electron chi connectivity index (χ1n) is 13.2. The van der Waals surface area contributed by atoms with Crippen LogP contribution in [0.2, 0.25) is 0 Å². The Morgan fingerprint density at radius 1 is 1.26 bits per heavy atom. The van der Waals surface area contributed by atoms with Crippen LogP contribution in [0.1, 0.15) is 47.3 Å². The van der Waals surface area contributed by atoms with E-state index in [2.05, 4.69) is 16.0 Å². The molecule has 1 aromatic rings. The number of fused-ring (bicyclic) bond motifs is 6. The summed E-state index contributed by atoms with van der Waals surface area (Å²) in [6.07, 6.45) is 1.14. The summed E-state index contributed by atoms with van der Waals surface area (Å²) in [7, 11) is 1.51. The fourth-order valence-corrected chi connectivity index (χ4v) is 7.51. The van der Waals surface area contributed by atoms with Gasteiger partial charge in [0.15, 0.2) is 17.1 Å². The third kappa shape index (κ3) is 3.19. The monoisotopic (exact) mass is 540 g/mol. The van der Waals surface area contributed by atoms with E-state index in [1.54, 1.807) is 6.92 Å². The zero-order valence-electron chi connectivity index (χ0n) is 21.6. The number of ketones is 2. The molecule has 1 amide bonds. The summed E-state index contributed by atoms with van der Waals surface area (Å²) in [5.41, 5.74) is 3.23. The molecule has 2 unspecified atom stereocenters. The number of aliphatic hydroxyl groups is 3. The van der Waals surface area contributed by atoms with E-state index in [1.807, 2.05) is 0 Å². The predicted molar refractivity (Wildman–Crippen MR) is 138 cm³/mol. The average molecular weight is 541 g/mol. The van der Waals surface area contributed by atoms with Crippen LogP contribution >= 0.6 is 0 Å². The molecule has 0 aromatic heterocycles. The van der Waals surface area contributed by atoms with Crippen LogP contribution in [-0.4, -0.2) is 76.3 Å². The van der Waals surface area contributed by atoms with Crippen molar-refractivity contribution in [3.05, 3.63) is 39.4 Å². The van der Waals surface area contributed by atoms with Crippen LogP contribution in [0, 0.1) is 17.8 Å². The number of benzene rings is 1. The maximum Gasteiger partial charge on any atom is 0.255 e. The van der Waals surface area contributed by atoms with Gasteiger partial charge in [-0.2, -0.15) is 0 Å². The molecule has 3 aliphatic carbocycles. The van der Waals surface area contributed by atoms with E-state index in [9.17, 15) is 34.8 Å². The van der Waals surface area contributed by atoms with E-state index >= 15 is 0 Å². The Balaban J connectivity index is 1.55. The van der Waals surface area contributed by atoms with Gasteiger partial charge in [-0.1, -0.05) is 6.92 Å². The third-order valence-corrected chi connectivity index (χ3v) is 9.19. The van der Waals surface area contributed by atoms with Crippen LogP contribution in [0.4, 0.5) is 5.69 Å². The van der Waals surface area contributed by atoms with Gasteiger partial charge in [-0.15, -0.1) is 0 Å². The van der Waals surface area contributed by atoms with E-state index < -0.39 is 58.0 Å². The highest BCUT2D eigenvalue weighted by Crippen LogP contribution is 2.56. The van der Waals surface area contributed by atoms with Crippen LogP contribution in [0.5, 0.6) is 11.5 Å². The lowest BCUT2D eigenvalue weighted by atomic mass is 9.58. The Hall–Kier alpha value is -3.61. The smallest absolute Gasteiger partial charge is 0.255 e. The Morgan fingerprint density at radius 3 is 2.67 bits per heavy atom. The van der Waals surface area contributed by atoms with Gasteiger partial charge < -0.3 is 46.8 Å². The molecule has 1 aromatic carbocycles. The van der Waals surface area contributed by atoms with E-state index in [1.165, 1.54) is 7.11 Å². The molecule has 5 aliphatic rings. The van der Waals surface area contributed by atoms with Gasteiger partial charge in [0.2, 0.25) is 5.78 Å². The standard InChI is InChI=1S/C27H32N4O8/c1-3-29-18-12-7-10-6-11-14(21(33)19-15(23(11)39-2)17-9(8-31-19)4-5-30-17)20(32)13(10)24(35)27(12,38)25(36)16(22(18)34)26(28)37/h9-10,12,17-18,29-31,33-35,38H,3-8H2,1-2H3,(H2,28,37)/t9?,10-,12-,17?,18-,27-/m0/s1. The minimum absolute atomic E-state index is 0.0180. The van der Waals surface area contributed by atoms with E-state index in [0.717, 1.165) is 18.5 Å². The topological polar surface area (TPSA) is 203 Å². The Kier molecular flexibility index (Phi) is 5.72. The van der Waals surface area contributed by atoms with Crippen molar-refractivity contribution in [3.8, 4) is 11.5 Å². The molecule has 0 radical (unpaired) electrons. The average Bonchev–Trinajstić information content (AvgIpc) is 3.38. The fourth-order valence-electron chi connectivity index (χ4n) is 7.51. The highest BCUT2D eigenvalue weighted by atomic mass is 16.5. The second-order valence-electron chi connectivity index (χ2n) is 11.0. The number of ether oxygens (including phenoxy) is 1. The van der Waals surface area contributed by atoms with Crippen molar-refractivity contribution in [2.45, 2.75) is 43.9 Å². The second kappa shape index (κ2) is 8.70. The van der Waals surface area contributed by atoms with Crippen molar-refractivity contribution in [2.75, 3.05) is 32.1 Å². The molecule has 12 nitrogen and oxygen atoms in total. The first kappa shape index (κ1) is 25.7. The lowest BCUT2D eigenvalue weighted by molar-refractivity contribution is -0.146. The number of rotatable bonds is 4. The number of phenolic OH excluding ortho intramolecular Hbond substituents is 1. The highest BCUT2D eigenvalue weighted by Gasteiger charge is 2.63. The first-order valence-corrected chi connectivity index (χ1v) is 13.2. The zero-order chi connectivity index (χ0) is 28.0. The van der Waals surface area contributed by atoms with Gasteiger partial charge in [-0.25, -0.2) is 0 Å². The number of methoxy groups -OCH3 is 1. The largest absolute Gasteiger partial charge is 0.510 e. The summed E-state index contributed by atoms with van der Waals surface area (Å²) >= 11 is 0. The number of aliphatic hydroxyl groups excluding tert-OH is 2. The number of Topliss-reactive ketones (excluding diaryl/α,β-unsaturated/α-hetero) is 2. The van der Waals surface area contributed by atoms with Gasteiger partial charge in [0.25, 0.3) is 5.91 Å². The molecule has 39 heavy (non-hydrogen) atoms. The van der Waals surface area contributed by atoms with Crippen molar-refractivity contribution < 1.29 is 39.5 Å². The number of carbonyl (C=O) groups is 3. The van der Waals surface area contributed by atoms with Gasteiger partial charge in [0.05, 0.1) is 24.4 Å². The number of nitrogens with two attached hydrogens (primary N) is 1. The molecule has 9 N–H and O–H groups in total. The molecular formula is C27H32N4O8. The molecule has 208 valence electrons. The number of aromatic hydroxyl groups is 1. The summed E-state index contributed by atoms with van der Waals surface area (Å²) in [5, 5.41) is 55.0. The molecule has 1 fully saturated rings. The summed E-state index contributed by atoms with van der Waals surface area (Å²) < 4.78 is 5.85. The fraction of sp³-hybridized carbons (Fsp3) is 0.519. The van der Waals surface area contributed by atoms with Crippen molar-refractivity contribution >= 4 is 23.2 Å². The van der Waals surface area contributed by atoms with Gasteiger partial charge in [-0.3, -0.25) is 14.4 Å². The van der Waals surface area contributed by atoms with E-state index in [-0.39, 0.29) is 41.7 Å². The van der Waals surface area contributed by atoms with Crippen molar-refractivity contribution in [1.82, 2.24) is 10.6 Å². The summed E-state index contributed by atoms with van der Waals surface area (Å²) in [5.74, 6) is -6.02. The van der Waals surface area contributed by atoms with E-state index in [0.29, 0.717) is 30.1 Å². The summed E-state index contributed by atoms with van der Waals surface area (Å²) in [4.78, 5) is 39.5. The predicted octanol–water partition coefficient (Wildman–Crippen LogP) is 0.253. The number of phenols is 1. The summed E-state index contributed by atoms with van der Waals surface area (Å²) in [6, 6.07) is -1.14. The molecule has 0 saturated carbocycles. The quantitative estimate of drug-likeness (QED) is 0.192. The molecule has 2 aliphatic heterocycles. The molecule has 2 heterocycles. The maximum atomic E-state index is 14.0. The lowest BCUT2D eigenvalue weighted by Crippen LogP contribution is -2.64. The van der Waals surface area contributed by atoms with Crippen LogP contribution < -0.4 is 26.4 Å². The minimum Gasteiger partial charge on any atom is -0.510 e. The molecular weight excluding hydrogens is 508 g/mol. The first-order chi connectivity index (χ1) is 18.6. The molecule has 1 saturated heterocycles. The molecule has 6 atom stereocenters. The molecule has 12 heteroatoms. The van der Waals surface area contributed by atoms with Gasteiger partial charge in [0.1, 0.15) is 22.8 Å². The number of primary amides is 1. The SMILES string of the molecule is CCN[C@@H]1C(O)=C(C(N)=O)C(=O)[C@@]2(O)C(O)=C3C(=O)c4c(O)c5c(c(OC)c4C[C@H]3C[C@@H]12)C1NCCC1CN5. The number of likely N-dealkylation sites (N-methyl/N-ethyl adjacent to an activating group) is 1. The van der Waals surface area contributed by atoms with Crippen LogP contribution in [0.25, 0.3) is 0 Å². The van der Waals surface area contributed by atoms with Gasteiger partial charge in [-0.05, 0) is 44.2 Å². The number of anilines is 1. The normalized spacial score (nSPS) is 33.1. The van der Waals surface area contributed by atoms with Crippen molar-refractivity contribution in [2.24, 2.45) is 23.5 Å². The Bertz CT molecular complexity index is 1400. The number of hydrogen-bond donors (Lipinski definition) is 8. The van der Waals surface area contributed by atoms with Crippen LogP contribution in [0.15, 0.2) is 22.7 Å². The Morgan fingerprint density at radius 2 is 2.00 bits per heavy atom. The number of carbonyl (C=O) groups excluding carboxylic acids is 3. The number of nitrogens with one attached hydrogen (secondary N) is 3. The number of amides is 1. The number of allylic oxidation sites excluding steroid dienone is 1. The van der Waals surface area contributed by atoms with Crippen LogP contribution in [0.3, 0.4) is 0 Å². The third-order valence-electron chi connectivity index (χ3n) is 9.19. The highest BCUT2D eigenvalue weighted by molar-refractivity contribution is 6.25. The van der Waals surface area contributed by atoms with Crippen molar-refractivity contribution in [1.29, 1.82) is 0 Å². The molecule has 6 rings (SSSR count). The summed E-state index contributed by atoms with van der Waals surface area (Å²) in [6.45, 7) is 3.45. The van der Waals surface area contributed by atoms with E-state index in [4.69, 9.17) is 10.5 Å². The van der Waals surface area contributed by atoms with Gasteiger partial charge in [0, 0.05) is 35.2 Å². The molecule has 0 bridgehead atoms. The lowest BCUT2D eigenvalue weighted by Gasteiger charge is -2.49. The van der Waals surface area contributed by atoms with Crippen molar-refractivity contribution in [3.63, 3.8) is 0 Å². The maximum absolute atomic E-state index is 14.0. The van der Waals surface area contributed by atoms with Crippen LogP contribution in [-0.2, 0) is 16.0 Å². The minimum atomic E-state index is -2.67. The van der Waals surface area contributed by atoms with Gasteiger partial charge >= 0.3 is 0 Å². The molecule has 0 spiro atoms.